The second-order valence-electron chi connectivity index (χ2n) is 6.15. The smallest absolute Gasteiger partial charge is 0.450 e. The van der Waals surface area contributed by atoms with Crippen LogP contribution in [0.25, 0.3) is 0 Å². The van der Waals surface area contributed by atoms with Crippen molar-refractivity contribution in [2.75, 3.05) is 18.1 Å². The molecule has 0 bridgehead atoms. The lowest BCUT2D eigenvalue weighted by Crippen LogP contribution is -2.14. The quantitative estimate of drug-likeness (QED) is 0.472. The maximum atomic E-state index is 9.58. The molecule has 6 heteroatoms. The second-order valence-corrected chi connectivity index (χ2v) is 6.15. The van der Waals surface area contributed by atoms with Gasteiger partial charge in [-0.25, -0.2) is 4.79 Å². The summed E-state index contributed by atoms with van der Waals surface area (Å²) in [6.45, 7) is 0.172. The van der Waals surface area contributed by atoms with E-state index in [4.69, 9.17) is 15.0 Å². The minimum absolute atomic E-state index is 0.0763. The van der Waals surface area contributed by atoms with Gasteiger partial charge in [-0.05, 0) is 54.3 Å². The highest BCUT2D eigenvalue weighted by molar-refractivity contribution is 5.79. The molecule has 0 fully saturated rings. The van der Waals surface area contributed by atoms with E-state index in [0.29, 0.717) is 12.8 Å². The predicted octanol–water partition coefficient (Wildman–Crippen LogP) is 4.45. The van der Waals surface area contributed by atoms with E-state index < -0.39 is 6.16 Å². The van der Waals surface area contributed by atoms with E-state index in [-0.39, 0.29) is 13.2 Å². The Hall–Kier alpha value is -3.35. The summed E-state index contributed by atoms with van der Waals surface area (Å²) in [6, 6.07) is 26.5. The van der Waals surface area contributed by atoms with Crippen molar-refractivity contribution in [3.05, 3.63) is 90.0 Å². The lowest BCUT2D eigenvalue weighted by atomic mass is 9.98. The fraction of sp³-hybridized carbons (Fsp3) is 0.174. The summed E-state index contributed by atoms with van der Waals surface area (Å²) in [5.74, 6) is 0. The molecular weight excluding hydrogens is 370 g/mol. The summed E-state index contributed by atoms with van der Waals surface area (Å²) in [7, 11) is 0. The van der Waals surface area contributed by atoms with Crippen molar-refractivity contribution < 1.29 is 25.2 Å². The van der Waals surface area contributed by atoms with E-state index in [0.717, 1.165) is 28.2 Å². The summed E-state index contributed by atoms with van der Waals surface area (Å²) >= 11 is 0. The molecule has 0 aliphatic heterocycles. The molecule has 3 aromatic carbocycles. The molecule has 0 atom stereocenters. The molecule has 0 amide bonds. The van der Waals surface area contributed by atoms with Crippen LogP contribution in [0.5, 0.6) is 0 Å². The van der Waals surface area contributed by atoms with Gasteiger partial charge in [0.15, 0.2) is 0 Å². The number of carbonyl (C=O) groups is 1. The van der Waals surface area contributed by atoms with Crippen LogP contribution in [0, 0.1) is 0 Å². The van der Waals surface area contributed by atoms with Gasteiger partial charge in [0.25, 0.3) is 0 Å². The van der Waals surface area contributed by atoms with Crippen molar-refractivity contribution in [2.24, 2.45) is 0 Å². The summed E-state index contributed by atoms with van der Waals surface area (Å²) in [6.07, 6.45) is -0.692. The predicted molar refractivity (Wildman–Crippen MR) is 113 cm³/mol. The SMILES string of the molecule is O=C(O)O.OCCc1cccc(N(c2ccccc2)c2ccccc2)c1CCO. The maximum absolute atomic E-state index is 9.58. The lowest BCUT2D eigenvalue weighted by Gasteiger charge is -2.28. The summed E-state index contributed by atoms with van der Waals surface area (Å²) in [5.41, 5.74) is 5.32. The van der Waals surface area contributed by atoms with E-state index in [1.807, 2.05) is 48.5 Å². The van der Waals surface area contributed by atoms with Gasteiger partial charge in [0, 0.05) is 30.3 Å². The van der Waals surface area contributed by atoms with Crippen LogP contribution in [0.2, 0.25) is 0 Å². The zero-order chi connectivity index (χ0) is 21.1. The van der Waals surface area contributed by atoms with Gasteiger partial charge < -0.3 is 25.3 Å². The highest BCUT2D eigenvalue weighted by atomic mass is 16.6. The number of hydrogen-bond donors (Lipinski definition) is 4. The Morgan fingerprint density at radius 2 is 1.17 bits per heavy atom. The Balaban J connectivity index is 0.000000687. The highest BCUT2D eigenvalue weighted by Crippen LogP contribution is 2.37. The first-order valence-electron chi connectivity index (χ1n) is 9.23. The molecule has 3 rings (SSSR count). The van der Waals surface area contributed by atoms with Crippen LogP contribution in [-0.2, 0) is 12.8 Å². The zero-order valence-electron chi connectivity index (χ0n) is 16.0. The Morgan fingerprint density at radius 1 is 0.690 bits per heavy atom. The fourth-order valence-electron chi connectivity index (χ4n) is 3.17. The molecule has 0 saturated heterocycles. The summed E-state index contributed by atoms with van der Waals surface area (Å²) in [4.78, 5) is 10.8. The van der Waals surface area contributed by atoms with Gasteiger partial charge in [0.05, 0.1) is 0 Å². The second kappa shape index (κ2) is 11.5. The maximum Gasteiger partial charge on any atom is 0.503 e. The largest absolute Gasteiger partial charge is 0.503 e. The molecule has 152 valence electrons. The molecule has 0 heterocycles. The average Bonchev–Trinajstić information content (AvgIpc) is 2.72. The molecule has 0 unspecified atom stereocenters. The van der Waals surface area contributed by atoms with Crippen molar-refractivity contribution in [1.29, 1.82) is 0 Å². The molecule has 0 aromatic heterocycles. The number of benzene rings is 3. The van der Waals surface area contributed by atoms with Gasteiger partial charge in [0.2, 0.25) is 0 Å². The number of carboxylic acid groups (broad SMARTS) is 2. The minimum atomic E-state index is -1.83. The Labute approximate surface area is 169 Å². The first kappa shape index (κ1) is 21.9. The minimum Gasteiger partial charge on any atom is -0.450 e. The number of rotatable bonds is 7. The lowest BCUT2D eigenvalue weighted by molar-refractivity contribution is 0.137. The first-order chi connectivity index (χ1) is 14.1. The molecule has 0 spiro atoms. The Morgan fingerprint density at radius 3 is 1.62 bits per heavy atom. The number of hydrogen-bond acceptors (Lipinski definition) is 4. The monoisotopic (exact) mass is 395 g/mol. The molecule has 6 nitrogen and oxygen atoms in total. The van der Waals surface area contributed by atoms with Crippen molar-refractivity contribution in [3.63, 3.8) is 0 Å². The van der Waals surface area contributed by atoms with Crippen LogP contribution in [0.3, 0.4) is 0 Å². The van der Waals surface area contributed by atoms with Crippen LogP contribution in [-0.4, -0.2) is 39.8 Å². The van der Waals surface area contributed by atoms with Gasteiger partial charge in [-0.1, -0.05) is 48.5 Å². The number of anilines is 3. The van der Waals surface area contributed by atoms with Crippen molar-refractivity contribution in [3.8, 4) is 0 Å². The standard InChI is InChI=1S/C22H23NO2.CH2O3/c24-16-14-18-8-7-13-22(21(18)15-17-25)23(19-9-3-1-4-10-19)20-11-5-2-6-12-20;2-1(3)4/h1-13,24-25H,14-17H2;(H2,2,3,4). The first-order valence-corrected chi connectivity index (χ1v) is 9.23. The van der Waals surface area contributed by atoms with Crippen LogP contribution in [0.15, 0.2) is 78.9 Å². The third-order valence-corrected chi connectivity index (χ3v) is 4.26. The number of aliphatic hydroxyl groups is 2. The number of aliphatic hydroxyl groups excluding tert-OH is 2. The third-order valence-electron chi connectivity index (χ3n) is 4.26. The van der Waals surface area contributed by atoms with E-state index >= 15 is 0 Å². The van der Waals surface area contributed by atoms with Crippen LogP contribution >= 0.6 is 0 Å². The molecular formula is C23H25NO5. The molecule has 0 aliphatic carbocycles. The molecule has 3 aromatic rings. The van der Waals surface area contributed by atoms with Crippen molar-refractivity contribution in [2.45, 2.75) is 12.8 Å². The van der Waals surface area contributed by atoms with E-state index in [1.54, 1.807) is 0 Å². The Bertz CT molecular complexity index is 841. The van der Waals surface area contributed by atoms with Crippen molar-refractivity contribution >= 4 is 23.2 Å². The van der Waals surface area contributed by atoms with Gasteiger partial charge in [-0.3, -0.25) is 0 Å². The highest BCUT2D eigenvalue weighted by Gasteiger charge is 2.17. The third kappa shape index (κ3) is 6.34. The van der Waals surface area contributed by atoms with E-state index in [9.17, 15) is 10.2 Å². The van der Waals surface area contributed by atoms with Gasteiger partial charge in [-0.15, -0.1) is 0 Å². The fourth-order valence-corrected chi connectivity index (χ4v) is 3.17. The summed E-state index contributed by atoms with van der Waals surface area (Å²) in [5, 5.41) is 32.9. The number of para-hydroxylation sites is 2. The van der Waals surface area contributed by atoms with E-state index in [1.165, 1.54) is 0 Å². The van der Waals surface area contributed by atoms with Crippen molar-refractivity contribution in [1.82, 2.24) is 0 Å². The molecule has 29 heavy (non-hydrogen) atoms. The normalized spacial score (nSPS) is 10.0. The summed E-state index contributed by atoms with van der Waals surface area (Å²) < 4.78 is 0. The van der Waals surface area contributed by atoms with Gasteiger partial charge >= 0.3 is 6.16 Å². The van der Waals surface area contributed by atoms with Crippen LogP contribution in [0.4, 0.5) is 21.9 Å². The topological polar surface area (TPSA) is 101 Å². The van der Waals surface area contributed by atoms with Gasteiger partial charge in [-0.2, -0.15) is 0 Å². The number of nitrogens with zero attached hydrogens (tertiary/aromatic N) is 1. The molecule has 0 saturated carbocycles. The Kier molecular flexibility index (Phi) is 8.69. The van der Waals surface area contributed by atoms with Gasteiger partial charge in [0.1, 0.15) is 0 Å². The molecule has 0 aliphatic rings. The average molecular weight is 395 g/mol. The van der Waals surface area contributed by atoms with E-state index in [2.05, 4.69) is 35.2 Å². The molecule has 4 N–H and O–H groups in total. The van der Waals surface area contributed by atoms with Crippen LogP contribution < -0.4 is 4.90 Å². The zero-order valence-corrected chi connectivity index (χ0v) is 16.0. The van der Waals surface area contributed by atoms with Crippen LogP contribution in [0.1, 0.15) is 11.1 Å². The molecule has 0 radical (unpaired) electrons.